The Morgan fingerprint density at radius 2 is 2.17 bits per heavy atom. The fourth-order valence-electron chi connectivity index (χ4n) is 1.18. The van der Waals surface area contributed by atoms with Crippen LogP contribution in [0.2, 0.25) is 0 Å². The largest absolute Gasteiger partial charge is 0.321 e. The molecule has 1 atom stereocenters. The molecule has 0 saturated carbocycles. The van der Waals surface area contributed by atoms with Crippen molar-refractivity contribution in [1.29, 1.82) is 0 Å². The Morgan fingerprint density at radius 3 is 2.67 bits per heavy atom. The van der Waals surface area contributed by atoms with Gasteiger partial charge in [-0.25, -0.2) is 0 Å². The van der Waals surface area contributed by atoms with Crippen LogP contribution in [0.25, 0.3) is 0 Å². The van der Waals surface area contributed by atoms with E-state index in [2.05, 4.69) is 11.6 Å². The number of rotatable bonds is 2. The van der Waals surface area contributed by atoms with Crippen molar-refractivity contribution in [2.24, 2.45) is 5.73 Å². The molecule has 0 aliphatic heterocycles. The molecule has 0 aliphatic carbocycles. The van der Waals surface area contributed by atoms with Gasteiger partial charge in [-0.05, 0) is 25.5 Å². The molecular weight excluding hydrogens is 148 g/mol. The molecular formula is C10H14N2. The summed E-state index contributed by atoms with van der Waals surface area (Å²) in [5.41, 5.74) is 8.85. The molecule has 0 amide bonds. The highest BCUT2D eigenvalue weighted by Gasteiger charge is 2.04. The van der Waals surface area contributed by atoms with Crippen LogP contribution in [0.15, 0.2) is 24.8 Å². The highest BCUT2D eigenvalue weighted by Crippen LogP contribution is 2.14. The number of nitrogens with two attached hydrogens (primary N) is 1. The highest BCUT2D eigenvalue weighted by atomic mass is 14.7. The van der Waals surface area contributed by atoms with Gasteiger partial charge in [0.1, 0.15) is 0 Å². The summed E-state index contributed by atoms with van der Waals surface area (Å²) < 4.78 is 0. The van der Waals surface area contributed by atoms with Gasteiger partial charge in [0.25, 0.3) is 0 Å². The maximum Gasteiger partial charge on any atom is 0.0496 e. The molecule has 1 aromatic heterocycles. The van der Waals surface area contributed by atoms with Crippen molar-refractivity contribution in [3.63, 3.8) is 0 Å². The topological polar surface area (TPSA) is 38.9 Å². The van der Waals surface area contributed by atoms with Gasteiger partial charge in [-0.2, -0.15) is 0 Å². The molecule has 0 fully saturated rings. The van der Waals surface area contributed by atoms with Crippen LogP contribution < -0.4 is 5.73 Å². The van der Waals surface area contributed by atoms with E-state index in [9.17, 15) is 0 Å². The lowest BCUT2D eigenvalue weighted by atomic mass is 10.1. The lowest BCUT2D eigenvalue weighted by Gasteiger charge is -2.09. The monoisotopic (exact) mass is 162 g/mol. The molecule has 1 heterocycles. The van der Waals surface area contributed by atoms with Crippen LogP contribution in [0.3, 0.4) is 0 Å². The standard InChI is InChI=1S/C10H14N2/c1-4-10(11)9-6-5-7(2)12-8(9)3/h4-6,10H,1,11H2,2-3H3/t10-/m0/s1. The summed E-state index contributed by atoms with van der Waals surface area (Å²) in [5.74, 6) is 0. The van der Waals surface area contributed by atoms with Crippen LogP contribution >= 0.6 is 0 Å². The number of aromatic nitrogens is 1. The van der Waals surface area contributed by atoms with Crippen LogP contribution in [0.5, 0.6) is 0 Å². The van der Waals surface area contributed by atoms with Crippen molar-refractivity contribution in [2.75, 3.05) is 0 Å². The summed E-state index contributed by atoms with van der Waals surface area (Å²) in [4.78, 5) is 4.31. The lowest BCUT2D eigenvalue weighted by molar-refractivity contribution is 0.879. The first kappa shape index (κ1) is 8.94. The van der Waals surface area contributed by atoms with E-state index in [1.165, 1.54) is 0 Å². The van der Waals surface area contributed by atoms with Gasteiger partial charge >= 0.3 is 0 Å². The molecule has 1 aromatic rings. The SMILES string of the molecule is C=C[C@H](N)c1ccc(C)nc1C. The zero-order chi connectivity index (χ0) is 9.14. The smallest absolute Gasteiger partial charge is 0.0496 e. The summed E-state index contributed by atoms with van der Waals surface area (Å²) in [6.45, 7) is 7.58. The first-order chi connectivity index (χ1) is 5.65. The minimum Gasteiger partial charge on any atom is -0.321 e. The molecule has 0 saturated heterocycles. The van der Waals surface area contributed by atoms with Crippen molar-refractivity contribution in [1.82, 2.24) is 4.98 Å². The fourth-order valence-corrected chi connectivity index (χ4v) is 1.18. The van der Waals surface area contributed by atoms with E-state index < -0.39 is 0 Å². The van der Waals surface area contributed by atoms with Crippen LogP contribution in [0.4, 0.5) is 0 Å². The van der Waals surface area contributed by atoms with Gasteiger partial charge in [0.15, 0.2) is 0 Å². The Morgan fingerprint density at radius 1 is 1.50 bits per heavy atom. The third-order valence-corrected chi connectivity index (χ3v) is 1.88. The summed E-state index contributed by atoms with van der Waals surface area (Å²) in [7, 11) is 0. The minimum absolute atomic E-state index is 0.0990. The maximum atomic E-state index is 5.79. The Labute approximate surface area is 73.1 Å². The van der Waals surface area contributed by atoms with Gasteiger partial charge in [-0.3, -0.25) is 4.98 Å². The molecule has 0 aliphatic rings. The van der Waals surface area contributed by atoms with Crippen molar-refractivity contribution < 1.29 is 0 Å². The summed E-state index contributed by atoms with van der Waals surface area (Å²) >= 11 is 0. The molecule has 12 heavy (non-hydrogen) atoms. The van der Waals surface area contributed by atoms with Gasteiger partial charge in [0, 0.05) is 17.4 Å². The second kappa shape index (κ2) is 3.50. The van der Waals surface area contributed by atoms with E-state index in [1.807, 2.05) is 26.0 Å². The fraction of sp³-hybridized carbons (Fsp3) is 0.300. The Balaban J connectivity index is 3.09. The van der Waals surface area contributed by atoms with Gasteiger partial charge in [-0.15, -0.1) is 6.58 Å². The molecule has 2 heteroatoms. The molecule has 0 spiro atoms. The van der Waals surface area contributed by atoms with E-state index >= 15 is 0 Å². The van der Waals surface area contributed by atoms with E-state index in [4.69, 9.17) is 5.73 Å². The van der Waals surface area contributed by atoms with Crippen LogP contribution in [0.1, 0.15) is 23.0 Å². The molecule has 0 bridgehead atoms. The van der Waals surface area contributed by atoms with Gasteiger partial charge in [0.2, 0.25) is 0 Å². The molecule has 1 rings (SSSR count). The second-order valence-corrected chi connectivity index (χ2v) is 2.89. The highest BCUT2D eigenvalue weighted by molar-refractivity contribution is 5.27. The van der Waals surface area contributed by atoms with Crippen molar-refractivity contribution in [3.8, 4) is 0 Å². The van der Waals surface area contributed by atoms with E-state index in [-0.39, 0.29) is 6.04 Å². The van der Waals surface area contributed by atoms with E-state index in [1.54, 1.807) is 6.08 Å². The maximum absolute atomic E-state index is 5.79. The zero-order valence-corrected chi connectivity index (χ0v) is 7.54. The molecule has 64 valence electrons. The van der Waals surface area contributed by atoms with Crippen molar-refractivity contribution >= 4 is 0 Å². The average molecular weight is 162 g/mol. The molecule has 0 radical (unpaired) electrons. The molecule has 0 unspecified atom stereocenters. The normalized spacial score (nSPS) is 12.6. The number of pyridine rings is 1. The predicted octanol–water partition coefficient (Wildman–Crippen LogP) is 1.88. The van der Waals surface area contributed by atoms with Crippen LogP contribution in [0, 0.1) is 13.8 Å². The summed E-state index contributed by atoms with van der Waals surface area (Å²) in [6.07, 6.45) is 1.72. The number of hydrogen-bond acceptors (Lipinski definition) is 2. The average Bonchev–Trinajstić information content (AvgIpc) is 2.03. The van der Waals surface area contributed by atoms with Gasteiger partial charge in [0.05, 0.1) is 0 Å². The van der Waals surface area contributed by atoms with E-state index in [0.29, 0.717) is 0 Å². The predicted molar refractivity (Wildman–Crippen MR) is 50.8 cm³/mol. The Kier molecular flexibility index (Phi) is 2.61. The first-order valence-electron chi connectivity index (χ1n) is 3.97. The minimum atomic E-state index is -0.0990. The van der Waals surface area contributed by atoms with Crippen LogP contribution in [-0.4, -0.2) is 4.98 Å². The zero-order valence-electron chi connectivity index (χ0n) is 7.54. The summed E-state index contributed by atoms with van der Waals surface area (Å²) in [6, 6.07) is 3.87. The lowest BCUT2D eigenvalue weighted by Crippen LogP contribution is -2.09. The quantitative estimate of drug-likeness (QED) is 0.674. The number of hydrogen-bond donors (Lipinski definition) is 1. The Hall–Kier alpha value is -1.15. The second-order valence-electron chi connectivity index (χ2n) is 2.89. The molecule has 2 nitrogen and oxygen atoms in total. The van der Waals surface area contributed by atoms with Gasteiger partial charge in [-0.1, -0.05) is 12.1 Å². The molecule has 2 N–H and O–H groups in total. The first-order valence-corrected chi connectivity index (χ1v) is 3.97. The van der Waals surface area contributed by atoms with Crippen molar-refractivity contribution in [3.05, 3.63) is 41.7 Å². The third kappa shape index (κ3) is 1.71. The summed E-state index contributed by atoms with van der Waals surface area (Å²) in [5, 5.41) is 0. The molecule has 0 aromatic carbocycles. The van der Waals surface area contributed by atoms with Gasteiger partial charge < -0.3 is 5.73 Å². The third-order valence-electron chi connectivity index (χ3n) is 1.88. The number of aryl methyl sites for hydroxylation is 2. The van der Waals surface area contributed by atoms with E-state index in [0.717, 1.165) is 17.0 Å². The van der Waals surface area contributed by atoms with Crippen molar-refractivity contribution in [2.45, 2.75) is 19.9 Å². The van der Waals surface area contributed by atoms with Crippen LogP contribution in [-0.2, 0) is 0 Å². The Bertz CT molecular complexity index is 292. The number of nitrogens with zero attached hydrogens (tertiary/aromatic N) is 1.